The molecule has 0 spiro atoms. The Morgan fingerprint density at radius 1 is 1.29 bits per heavy atom. The summed E-state index contributed by atoms with van der Waals surface area (Å²) in [5.41, 5.74) is 2.52. The van der Waals surface area contributed by atoms with Crippen LogP contribution in [0.4, 0.5) is 5.95 Å². The number of piperidine rings is 1. The highest BCUT2D eigenvalue weighted by Crippen LogP contribution is 2.20. The number of anilines is 1. The van der Waals surface area contributed by atoms with Crippen molar-refractivity contribution in [3.8, 4) is 0 Å². The molecule has 126 valence electrons. The van der Waals surface area contributed by atoms with E-state index in [-0.39, 0.29) is 11.8 Å². The van der Waals surface area contributed by atoms with E-state index in [9.17, 15) is 4.79 Å². The number of benzene rings is 1. The van der Waals surface area contributed by atoms with Crippen LogP contribution in [-0.4, -0.2) is 35.5 Å². The first-order valence-corrected chi connectivity index (χ1v) is 8.57. The average molecular weight is 324 g/mol. The molecule has 1 atom stereocenters. The molecule has 0 saturated carbocycles. The zero-order chi connectivity index (χ0) is 16.8. The summed E-state index contributed by atoms with van der Waals surface area (Å²) in [5, 5.41) is 3.09. The maximum Gasteiger partial charge on any atom is 0.225 e. The van der Waals surface area contributed by atoms with Gasteiger partial charge in [-0.25, -0.2) is 9.97 Å². The second-order valence-electron chi connectivity index (χ2n) is 6.36. The third-order valence-corrected chi connectivity index (χ3v) is 4.42. The number of aryl methyl sites for hydroxylation is 1. The summed E-state index contributed by atoms with van der Waals surface area (Å²) in [6, 6.07) is 10.2. The Morgan fingerprint density at radius 3 is 2.92 bits per heavy atom. The molecule has 1 amide bonds. The van der Waals surface area contributed by atoms with E-state index in [2.05, 4.69) is 51.4 Å². The predicted octanol–water partition coefficient (Wildman–Crippen LogP) is 2.36. The number of carbonyl (C=O) groups is 1. The number of amides is 1. The molecule has 0 aliphatic carbocycles. The Bertz CT molecular complexity index is 674. The predicted molar refractivity (Wildman–Crippen MR) is 94.9 cm³/mol. The first kappa shape index (κ1) is 16.4. The Labute approximate surface area is 143 Å². The number of hydrogen-bond donors (Lipinski definition) is 1. The zero-order valence-electron chi connectivity index (χ0n) is 14.1. The van der Waals surface area contributed by atoms with Crippen molar-refractivity contribution < 1.29 is 4.79 Å². The Kier molecular flexibility index (Phi) is 5.41. The molecule has 0 bridgehead atoms. The van der Waals surface area contributed by atoms with Gasteiger partial charge in [0.2, 0.25) is 11.9 Å². The monoisotopic (exact) mass is 324 g/mol. The largest absolute Gasteiger partial charge is 0.355 e. The molecule has 1 aromatic carbocycles. The molecular weight excluding hydrogens is 300 g/mol. The van der Waals surface area contributed by atoms with Crippen molar-refractivity contribution in [2.75, 3.05) is 24.5 Å². The molecule has 24 heavy (non-hydrogen) atoms. The van der Waals surface area contributed by atoms with E-state index in [0.717, 1.165) is 31.8 Å². The van der Waals surface area contributed by atoms with Crippen LogP contribution in [0.25, 0.3) is 0 Å². The van der Waals surface area contributed by atoms with Crippen molar-refractivity contribution in [3.63, 3.8) is 0 Å². The zero-order valence-corrected chi connectivity index (χ0v) is 14.1. The van der Waals surface area contributed by atoms with Crippen LogP contribution in [0.15, 0.2) is 42.7 Å². The summed E-state index contributed by atoms with van der Waals surface area (Å²) in [6.07, 6.45) is 6.28. The lowest BCUT2D eigenvalue weighted by Crippen LogP contribution is -2.44. The van der Waals surface area contributed by atoms with Gasteiger partial charge in [-0.2, -0.15) is 0 Å². The van der Waals surface area contributed by atoms with Crippen LogP contribution in [0.5, 0.6) is 0 Å². The number of aromatic nitrogens is 2. The molecule has 0 radical (unpaired) electrons. The lowest BCUT2D eigenvalue weighted by molar-refractivity contribution is -0.125. The molecule has 3 rings (SSSR count). The molecule has 1 saturated heterocycles. The number of carbonyl (C=O) groups excluding carboxylic acids is 1. The number of nitrogens with one attached hydrogen (secondary N) is 1. The maximum absolute atomic E-state index is 12.5. The molecule has 0 unspecified atom stereocenters. The topological polar surface area (TPSA) is 58.1 Å². The number of hydrogen-bond acceptors (Lipinski definition) is 4. The second-order valence-corrected chi connectivity index (χ2v) is 6.36. The minimum Gasteiger partial charge on any atom is -0.355 e. The van der Waals surface area contributed by atoms with Crippen molar-refractivity contribution in [3.05, 3.63) is 53.9 Å². The van der Waals surface area contributed by atoms with Crippen LogP contribution in [0, 0.1) is 12.8 Å². The molecule has 1 aromatic heterocycles. The Morgan fingerprint density at radius 2 is 2.12 bits per heavy atom. The lowest BCUT2D eigenvalue weighted by Gasteiger charge is -2.31. The summed E-state index contributed by atoms with van der Waals surface area (Å²) in [7, 11) is 0. The summed E-state index contributed by atoms with van der Waals surface area (Å²) >= 11 is 0. The van der Waals surface area contributed by atoms with Gasteiger partial charge in [0.25, 0.3) is 0 Å². The SMILES string of the molecule is Cc1cccc(CCNC(=O)[C@H]2CCCN(c3ncccn3)C2)c1. The molecule has 1 fully saturated rings. The maximum atomic E-state index is 12.5. The highest BCUT2D eigenvalue weighted by atomic mass is 16.1. The average Bonchev–Trinajstić information content (AvgIpc) is 2.62. The summed E-state index contributed by atoms with van der Waals surface area (Å²) < 4.78 is 0. The number of nitrogens with zero attached hydrogens (tertiary/aromatic N) is 3. The fraction of sp³-hybridized carbons (Fsp3) is 0.421. The third-order valence-electron chi connectivity index (χ3n) is 4.42. The highest BCUT2D eigenvalue weighted by molar-refractivity contribution is 5.79. The van der Waals surface area contributed by atoms with Crippen LogP contribution < -0.4 is 10.2 Å². The minimum absolute atomic E-state index is 0.0139. The molecule has 1 N–H and O–H groups in total. The molecule has 5 heteroatoms. The van der Waals surface area contributed by atoms with Gasteiger partial charge >= 0.3 is 0 Å². The van der Waals surface area contributed by atoms with Gasteiger partial charge in [-0.15, -0.1) is 0 Å². The van der Waals surface area contributed by atoms with Crippen LogP contribution in [0.1, 0.15) is 24.0 Å². The van der Waals surface area contributed by atoms with Gasteiger partial charge in [0, 0.05) is 32.0 Å². The fourth-order valence-corrected chi connectivity index (χ4v) is 3.17. The highest BCUT2D eigenvalue weighted by Gasteiger charge is 2.26. The van der Waals surface area contributed by atoms with Crippen molar-refractivity contribution in [2.45, 2.75) is 26.2 Å². The first-order valence-electron chi connectivity index (χ1n) is 8.57. The van der Waals surface area contributed by atoms with Gasteiger partial charge in [-0.1, -0.05) is 29.8 Å². The lowest BCUT2D eigenvalue weighted by atomic mass is 9.97. The van der Waals surface area contributed by atoms with E-state index >= 15 is 0 Å². The van der Waals surface area contributed by atoms with E-state index in [1.54, 1.807) is 12.4 Å². The van der Waals surface area contributed by atoms with Gasteiger partial charge in [0.1, 0.15) is 0 Å². The van der Waals surface area contributed by atoms with Gasteiger partial charge in [-0.3, -0.25) is 4.79 Å². The first-order chi connectivity index (χ1) is 11.7. The normalized spacial score (nSPS) is 17.5. The fourth-order valence-electron chi connectivity index (χ4n) is 3.17. The van der Waals surface area contributed by atoms with Crippen LogP contribution >= 0.6 is 0 Å². The van der Waals surface area contributed by atoms with E-state index in [1.165, 1.54) is 11.1 Å². The molecule has 1 aliphatic rings. The van der Waals surface area contributed by atoms with E-state index < -0.39 is 0 Å². The van der Waals surface area contributed by atoms with E-state index in [4.69, 9.17) is 0 Å². The van der Waals surface area contributed by atoms with Crippen LogP contribution in [0.2, 0.25) is 0 Å². The Hall–Kier alpha value is -2.43. The quantitative estimate of drug-likeness (QED) is 0.917. The standard InChI is InChI=1S/C19H24N4O/c1-15-5-2-6-16(13-15)8-11-20-18(24)17-7-3-12-23(14-17)19-21-9-4-10-22-19/h2,4-6,9-10,13,17H,3,7-8,11-12,14H2,1H3,(H,20,24)/t17-/m0/s1. The van der Waals surface area contributed by atoms with E-state index in [0.29, 0.717) is 13.1 Å². The molecule has 2 heterocycles. The van der Waals surface area contributed by atoms with E-state index in [1.807, 2.05) is 6.07 Å². The third kappa shape index (κ3) is 4.31. The molecule has 1 aliphatic heterocycles. The summed E-state index contributed by atoms with van der Waals surface area (Å²) in [6.45, 7) is 4.38. The number of rotatable bonds is 5. The van der Waals surface area contributed by atoms with Gasteiger partial charge in [-0.05, 0) is 37.8 Å². The summed E-state index contributed by atoms with van der Waals surface area (Å²) in [5.74, 6) is 0.873. The Balaban J connectivity index is 1.49. The molecule has 2 aromatic rings. The van der Waals surface area contributed by atoms with Gasteiger partial charge in [0.05, 0.1) is 5.92 Å². The second kappa shape index (κ2) is 7.90. The molecule has 5 nitrogen and oxygen atoms in total. The summed E-state index contributed by atoms with van der Waals surface area (Å²) in [4.78, 5) is 23.1. The van der Waals surface area contributed by atoms with Crippen LogP contribution in [-0.2, 0) is 11.2 Å². The van der Waals surface area contributed by atoms with Crippen molar-refractivity contribution in [1.82, 2.24) is 15.3 Å². The minimum atomic E-state index is 0.0139. The van der Waals surface area contributed by atoms with Gasteiger partial charge in [0.15, 0.2) is 0 Å². The van der Waals surface area contributed by atoms with Crippen molar-refractivity contribution in [1.29, 1.82) is 0 Å². The van der Waals surface area contributed by atoms with Crippen molar-refractivity contribution >= 4 is 11.9 Å². The smallest absolute Gasteiger partial charge is 0.225 e. The molecular formula is C19H24N4O. The van der Waals surface area contributed by atoms with Gasteiger partial charge < -0.3 is 10.2 Å². The van der Waals surface area contributed by atoms with Crippen LogP contribution in [0.3, 0.4) is 0 Å². The van der Waals surface area contributed by atoms with Crippen molar-refractivity contribution in [2.24, 2.45) is 5.92 Å².